The molecule has 2 rings (SSSR count). The molecule has 0 radical (unpaired) electrons. The zero-order chi connectivity index (χ0) is 13.8. The highest BCUT2D eigenvalue weighted by atomic mass is 35.5. The van der Waals surface area contributed by atoms with E-state index in [1.165, 1.54) is 0 Å². The quantitative estimate of drug-likeness (QED) is 0.468. The second kappa shape index (κ2) is 6.24. The minimum Gasteiger partial charge on any atom is -0.439 e. The number of rotatable bonds is 4. The van der Waals surface area contributed by atoms with Crippen LogP contribution in [0, 0.1) is 0 Å². The van der Waals surface area contributed by atoms with Crippen molar-refractivity contribution in [1.29, 1.82) is 0 Å². The van der Waals surface area contributed by atoms with E-state index in [0.717, 1.165) is 0 Å². The van der Waals surface area contributed by atoms with Crippen LogP contribution >= 0.6 is 34.8 Å². The summed E-state index contributed by atoms with van der Waals surface area (Å²) in [4.78, 5) is 14.6. The molecule has 1 aromatic carbocycles. The predicted molar refractivity (Wildman–Crippen MR) is 75.4 cm³/mol. The number of carbonyl (C=O) groups excluding carboxylic acids is 1. The third-order valence-electron chi connectivity index (χ3n) is 2.30. The summed E-state index contributed by atoms with van der Waals surface area (Å²) >= 11 is 17.5. The smallest absolute Gasteiger partial charge is 0.220 e. The first-order chi connectivity index (χ1) is 9.10. The molecule has 0 unspecified atom stereocenters. The number of hydrogen-bond donors (Lipinski definition) is 0. The van der Waals surface area contributed by atoms with Gasteiger partial charge in [-0.05, 0) is 30.3 Å². The Kier molecular flexibility index (Phi) is 4.64. The number of hydrogen-bond acceptors (Lipinski definition) is 3. The SMILES string of the molecule is O=C[C@@H](Cl)c1ccc(Oc2ccc(Cl)cc2)nc1Cl. The first kappa shape index (κ1) is 14.1. The fourth-order valence-electron chi connectivity index (χ4n) is 1.39. The molecular weight excluding hydrogens is 309 g/mol. The molecular formula is C13H8Cl3NO2. The highest BCUT2D eigenvalue weighted by molar-refractivity contribution is 6.33. The van der Waals surface area contributed by atoms with Crippen LogP contribution in [0.25, 0.3) is 0 Å². The lowest BCUT2D eigenvalue weighted by atomic mass is 10.2. The van der Waals surface area contributed by atoms with E-state index < -0.39 is 5.38 Å². The van der Waals surface area contributed by atoms with Gasteiger partial charge in [-0.25, -0.2) is 4.98 Å². The van der Waals surface area contributed by atoms with E-state index in [4.69, 9.17) is 39.5 Å². The molecule has 0 saturated heterocycles. The highest BCUT2D eigenvalue weighted by Crippen LogP contribution is 2.29. The average Bonchev–Trinajstić information content (AvgIpc) is 2.41. The summed E-state index contributed by atoms with van der Waals surface area (Å²) in [5.41, 5.74) is 0.446. The predicted octanol–water partition coefficient (Wildman–Crippen LogP) is 4.66. The Morgan fingerprint density at radius 2 is 1.79 bits per heavy atom. The van der Waals surface area contributed by atoms with Gasteiger partial charge in [-0.2, -0.15) is 0 Å². The Balaban J connectivity index is 2.20. The van der Waals surface area contributed by atoms with Crippen molar-refractivity contribution in [3.05, 3.63) is 52.1 Å². The second-order valence-electron chi connectivity index (χ2n) is 3.62. The average molecular weight is 317 g/mol. The third kappa shape index (κ3) is 3.60. The van der Waals surface area contributed by atoms with E-state index >= 15 is 0 Å². The fourth-order valence-corrected chi connectivity index (χ4v) is 2.01. The summed E-state index contributed by atoms with van der Waals surface area (Å²) in [5, 5.41) is -0.0622. The summed E-state index contributed by atoms with van der Waals surface area (Å²) in [7, 11) is 0. The van der Waals surface area contributed by atoms with Gasteiger partial charge in [-0.3, -0.25) is 0 Å². The summed E-state index contributed by atoms with van der Waals surface area (Å²) in [5.74, 6) is 0.893. The maximum absolute atomic E-state index is 10.6. The van der Waals surface area contributed by atoms with Gasteiger partial charge in [0.2, 0.25) is 5.88 Å². The molecule has 0 N–H and O–H groups in total. The van der Waals surface area contributed by atoms with Crippen molar-refractivity contribution in [3.8, 4) is 11.6 Å². The zero-order valence-electron chi connectivity index (χ0n) is 9.52. The van der Waals surface area contributed by atoms with E-state index in [2.05, 4.69) is 4.98 Å². The number of ether oxygens (including phenoxy) is 1. The van der Waals surface area contributed by atoms with Gasteiger partial charge in [-0.1, -0.05) is 23.2 Å². The Bertz CT molecular complexity index is 587. The number of alkyl halides is 1. The van der Waals surface area contributed by atoms with Crippen molar-refractivity contribution in [2.75, 3.05) is 0 Å². The molecule has 1 atom stereocenters. The fraction of sp³-hybridized carbons (Fsp3) is 0.0769. The van der Waals surface area contributed by atoms with Gasteiger partial charge in [0.25, 0.3) is 0 Å². The van der Waals surface area contributed by atoms with Crippen molar-refractivity contribution >= 4 is 41.1 Å². The van der Waals surface area contributed by atoms with Crippen molar-refractivity contribution in [1.82, 2.24) is 4.98 Å². The number of aldehydes is 1. The number of nitrogens with zero attached hydrogens (tertiary/aromatic N) is 1. The van der Waals surface area contributed by atoms with Gasteiger partial charge in [0.1, 0.15) is 22.6 Å². The minimum absolute atomic E-state index is 0.138. The zero-order valence-corrected chi connectivity index (χ0v) is 11.8. The largest absolute Gasteiger partial charge is 0.439 e. The molecule has 1 aromatic heterocycles. The molecule has 0 spiro atoms. The van der Waals surface area contributed by atoms with Crippen LogP contribution in [0.15, 0.2) is 36.4 Å². The number of pyridine rings is 1. The summed E-state index contributed by atoms with van der Waals surface area (Å²) in [6.07, 6.45) is 0.587. The summed E-state index contributed by atoms with van der Waals surface area (Å²) in [6, 6.07) is 10.0. The lowest BCUT2D eigenvalue weighted by Crippen LogP contribution is -1.96. The molecule has 3 nitrogen and oxygen atoms in total. The van der Waals surface area contributed by atoms with E-state index in [1.807, 2.05) is 0 Å². The number of aromatic nitrogens is 1. The standard InChI is InChI=1S/C13H8Cl3NO2/c14-8-1-3-9(4-2-8)19-12-6-5-10(11(15)7-18)13(16)17-12/h1-7,11H/t11-/m1/s1. The molecule has 6 heteroatoms. The molecule has 0 amide bonds. The maximum Gasteiger partial charge on any atom is 0.220 e. The molecule has 2 aromatic rings. The van der Waals surface area contributed by atoms with Gasteiger partial charge in [-0.15, -0.1) is 11.6 Å². The van der Waals surface area contributed by atoms with E-state index in [-0.39, 0.29) is 5.15 Å². The van der Waals surface area contributed by atoms with Crippen LogP contribution < -0.4 is 4.74 Å². The molecule has 0 aliphatic heterocycles. The van der Waals surface area contributed by atoms with Crippen LogP contribution in [0.2, 0.25) is 10.2 Å². The highest BCUT2D eigenvalue weighted by Gasteiger charge is 2.13. The van der Waals surface area contributed by atoms with Gasteiger partial charge in [0.15, 0.2) is 0 Å². The van der Waals surface area contributed by atoms with Crippen LogP contribution in [0.1, 0.15) is 10.9 Å². The van der Waals surface area contributed by atoms with Crippen molar-refractivity contribution < 1.29 is 9.53 Å². The van der Waals surface area contributed by atoms with Crippen molar-refractivity contribution in [2.45, 2.75) is 5.38 Å². The molecule has 0 bridgehead atoms. The monoisotopic (exact) mass is 315 g/mol. The van der Waals surface area contributed by atoms with Crippen molar-refractivity contribution in [2.24, 2.45) is 0 Å². The molecule has 0 aliphatic rings. The topological polar surface area (TPSA) is 39.2 Å². The summed E-state index contributed by atoms with van der Waals surface area (Å²) in [6.45, 7) is 0. The molecule has 19 heavy (non-hydrogen) atoms. The minimum atomic E-state index is -0.815. The van der Waals surface area contributed by atoms with E-state index in [9.17, 15) is 4.79 Å². The normalized spacial score (nSPS) is 11.9. The first-order valence-electron chi connectivity index (χ1n) is 5.29. The van der Waals surface area contributed by atoms with Gasteiger partial charge in [0.05, 0.1) is 0 Å². The Morgan fingerprint density at radius 3 is 2.37 bits per heavy atom. The van der Waals surface area contributed by atoms with Gasteiger partial charge < -0.3 is 9.53 Å². The lowest BCUT2D eigenvalue weighted by Gasteiger charge is -2.08. The van der Waals surface area contributed by atoms with Crippen LogP contribution in [0.4, 0.5) is 0 Å². The Hall–Kier alpha value is -1.29. The first-order valence-corrected chi connectivity index (χ1v) is 6.48. The number of carbonyl (C=O) groups is 1. The number of benzene rings is 1. The molecule has 0 saturated carbocycles. The van der Waals surface area contributed by atoms with Crippen molar-refractivity contribution in [3.63, 3.8) is 0 Å². The van der Waals surface area contributed by atoms with Crippen LogP contribution in [0.3, 0.4) is 0 Å². The second-order valence-corrected chi connectivity index (χ2v) is 4.89. The molecule has 1 heterocycles. The number of halogens is 3. The molecule has 98 valence electrons. The third-order valence-corrected chi connectivity index (χ3v) is 3.20. The lowest BCUT2D eigenvalue weighted by molar-refractivity contribution is -0.107. The Labute approximate surface area is 125 Å². The Morgan fingerprint density at radius 1 is 1.11 bits per heavy atom. The molecule has 0 aliphatic carbocycles. The van der Waals surface area contributed by atoms with E-state index in [0.29, 0.717) is 28.5 Å². The van der Waals surface area contributed by atoms with Gasteiger partial charge in [0, 0.05) is 16.7 Å². The maximum atomic E-state index is 10.6. The van der Waals surface area contributed by atoms with Crippen LogP contribution in [0.5, 0.6) is 11.6 Å². The van der Waals surface area contributed by atoms with E-state index in [1.54, 1.807) is 36.4 Å². The van der Waals surface area contributed by atoms with Crippen LogP contribution in [-0.4, -0.2) is 11.3 Å². The van der Waals surface area contributed by atoms with Gasteiger partial charge >= 0.3 is 0 Å². The molecule has 0 fully saturated rings. The summed E-state index contributed by atoms with van der Waals surface area (Å²) < 4.78 is 5.50. The van der Waals surface area contributed by atoms with Crippen LogP contribution in [-0.2, 0) is 4.79 Å².